The zero-order valence-electron chi connectivity index (χ0n) is 19.7. The Labute approximate surface area is 189 Å². The fraction of sp³-hybridized carbons (Fsp3) is 0.704. The van der Waals surface area contributed by atoms with Gasteiger partial charge in [-0.05, 0) is 44.1 Å². The maximum Gasteiger partial charge on any atom is 0.104 e. The standard InChI is InChI=1S/C27H48N.ClH/c1-5-8-11-17-22-28(23-18-12-9-6-2,24-19-13-10-7-3)25-26(4)27-20-15-14-16-21-27;/h14-16,20-21H,4-13,17-19,22-25H2,1-3H3;1H/q+1;/p-1. The molecule has 0 aromatic heterocycles. The molecule has 1 rings (SSSR count). The zero-order valence-corrected chi connectivity index (χ0v) is 20.5. The van der Waals surface area contributed by atoms with E-state index in [2.05, 4.69) is 57.7 Å². The fourth-order valence-electron chi connectivity index (χ4n) is 4.36. The highest BCUT2D eigenvalue weighted by Gasteiger charge is 2.27. The van der Waals surface area contributed by atoms with Crippen LogP contribution in [0.2, 0.25) is 0 Å². The van der Waals surface area contributed by atoms with Gasteiger partial charge in [-0.25, -0.2) is 0 Å². The van der Waals surface area contributed by atoms with Crippen LogP contribution in [-0.2, 0) is 0 Å². The van der Waals surface area contributed by atoms with Crippen LogP contribution in [0.25, 0.3) is 5.57 Å². The van der Waals surface area contributed by atoms with Gasteiger partial charge in [-0.15, -0.1) is 0 Å². The van der Waals surface area contributed by atoms with Crippen LogP contribution < -0.4 is 12.4 Å². The monoisotopic (exact) mass is 421 g/mol. The van der Waals surface area contributed by atoms with Crippen molar-refractivity contribution in [1.29, 1.82) is 0 Å². The average Bonchev–Trinajstić information content (AvgIpc) is 2.72. The molecule has 2 heteroatoms. The second-order valence-electron chi connectivity index (χ2n) is 8.82. The summed E-state index contributed by atoms with van der Waals surface area (Å²) in [6.07, 6.45) is 16.4. The minimum atomic E-state index is 0. The molecule has 1 aromatic rings. The van der Waals surface area contributed by atoms with Crippen LogP contribution in [0.5, 0.6) is 0 Å². The molecular formula is C27H48ClN. The molecule has 0 heterocycles. The molecule has 0 spiro atoms. The Morgan fingerprint density at radius 3 is 1.45 bits per heavy atom. The van der Waals surface area contributed by atoms with Crippen LogP contribution in [0.15, 0.2) is 36.9 Å². The third-order valence-corrected chi connectivity index (χ3v) is 6.17. The smallest absolute Gasteiger partial charge is 0.104 e. The first-order valence-electron chi connectivity index (χ1n) is 12.3. The SMILES string of the molecule is C=C(C[N+](CCCCCC)(CCCCCC)CCCCCC)c1ccccc1.[Cl-]. The summed E-state index contributed by atoms with van der Waals surface area (Å²) >= 11 is 0. The zero-order chi connectivity index (χ0) is 20.5. The van der Waals surface area contributed by atoms with Gasteiger partial charge in [0.1, 0.15) is 6.54 Å². The summed E-state index contributed by atoms with van der Waals surface area (Å²) in [5, 5.41) is 0. The summed E-state index contributed by atoms with van der Waals surface area (Å²) in [4.78, 5) is 0. The van der Waals surface area contributed by atoms with Crippen LogP contribution in [-0.4, -0.2) is 30.7 Å². The summed E-state index contributed by atoms with van der Waals surface area (Å²) < 4.78 is 1.27. The topological polar surface area (TPSA) is 0 Å². The Balaban J connectivity index is 0.00000784. The molecule has 29 heavy (non-hydrogen) atoms. The van der Waals surface area contributed by atoms with E-state index in [0.29, 0.717) is 0 Å². The van der Waals surface area contributed by atoms with Gasteiger partial charge in [0.05, 0.1) is 19.6 Å². The number of rotatable bonds is 18. The number of benzene rings is 1. The van der Waals surface area contributed by atoms with Crippen molar-refractivity contribution in [3.63, 3.8) is 0 Å². The van der Waals surface area contributed by atoms with Crippen molar-refractivity contribution in [2.24, 2.45) is 0 Å². The molecule has 0 atom stereocenters. The van der Waals surface area contributed by atoms with Crippen LogP contribution in [0.4, 0.5) is 0 Å². The van der Waals surface area contributed by atoms with Crippen molar-refractivity contribution >= 4 is 5.57 Å². The van der Waals surface area contributed by atoms with E-state index in [1.54, 1.807) is 0 Å². The largest absolute Gasteiger partial charge is 1.00 e. The van der Waals surface area contributed by atoms with Crippen molar-refractivity contribution in [2.45, 2.75) is 97.8 Å². The van der Waals surface area contributed by atoms with Gasteiger partial charge in [-0.1, -0.05) is 96.2 Å². The van der Waals surface area contributed by atoms with Gasteiger partial charge in [-0.2, -0.15) is 0 Å². The molecule has 1 nitrogen and oxygen atoms in total. The highest BCUT2D eigenvalue weighted by atomic mass is 35.5. The molecule has 0 N–H and O–H groups in total. The summed E-state index contributed by atoms with van der Waals surface area (Å²) in [6, 6.07) is 10.9. The van der Waals surface area contributed by atoms with E-state index in [-0.39, 0.29) is 12.4 Å². The summed E-state index contributed by atoms with van der Waals surface area (Å²) in [5.41, 5.74) is 2.67. The fourth-order valence-corrected chi connectivity index (χ4v) is 4.36. The van der Waals surface area contributed by atoms with Crippen molar-refractivity contribution in [3.05, 3.63) is 42.5 Å². The Hall–Kier alpha value is -0.790. The predicted octanol–water partition coefficient (Wildman–Crippen LogP) is 5.26. The minimum absolute atomic E-state index is 0. The molecule has 0 radical (unpaired) electrons. The molecule has 0 aliphatic rings. The Morgan fingerprint density at radius 1 is 0.655 bits per heavy atom. The van der Waals surface area contributed by atoms with Gasteiger partial charge in [0.25, 0.3) is 0 Å². The van der Waals surface area contributed by atoms with Crippen LogP contribution >= 0.6 is 0 Å². The molecule has 0 fully saturated rings. The molecule has 0 aliphatic heterocycles. The quantitative estimate of drug-likeness (QED) is 0.224. The van der Waals surface area contributed by atoms with E-state index in [1.165, 1.54) is 112 Å². The minimum Gasteiger partial charge on any atom is -1.00 e. The molecule has 0 bridgehead atoms. The van der Waals surface area contributed by atoms with Crippen LogP contribution in [0.3, 0.4) is 0 Å². The highest BCUT2D eigenvalue weighted by molar-refractivity contribution is 5.63. The van der Waals surface area contributed by atoms with E-state index in [0.717, 1.165) is 6.54 Å². The third kappa shape index (κ3) is 12.5. The number of nitrogens with zero attached hydrogens (tertiary/aromatic N) is 1. The first-order valence-corrected chi connectivity index (χ1v) is 12.3. The average molecular weight is 422 g/mol. The molecule has 1 aromatic carbocycles. The summed E-state index contributed by atoms with van der Waals surface area (Å²) in [6.45, 7) is 16.6. The van der Waals surface area contributed by atoms with Gasteiger partial charge < -0.3 is 16.9 Å². The van der Waals surface area contributed by atoms with Crippen molar-refractivity contribution in [2.75, 3.05) is 26.2 Å². The van der Waals surface area contributed by atoms with Gasteiger partial charge >= 0.3 is 0 Å². The normalized spacial score (nSPS) is 11.3. The highest BCUT2D eigenvalue weighted by Crippen LogP contribution is 2.23. The predicted molar refractivity (Wildman–Crippen MR) is 128 cm³/mol. The summed E-state index contributed by atoms with van der Waals surface area (Å²) in [7, 11) is 0. The Bertz CT molecular complexity index is 465. The number of unbranched alkanes of at least 4 members (excludes halogenated alkanes) is 9. The van der Waals surface area contributed by atoms with Gasteiger partial charge in [-0.3, -0.25) is 0 Å². The lowest BCUT2D eigenvalue weighted by Crippen LogP contribution is -3.00. The molecule has 0 aliphatic carbocycles. The van der Waals surface area contributed by atoms with Crippen molar-refractivity contribution in [1.82, 2.24) is 0 Å². The maximum absolute atomic E-state index is 4.53. The molecular weight excluding hydrogens is 374 g/mol. The Morgan fingerprint density at radius 2 is 1.07 bits per heavy atom. The molecule has 0 saturated carbocycles. The van der Waals surface area contributed by atoms with Crippen LogP contribution in [0, 0.1) is 0 Å². The molecule has 0 amide bonds. The first kappa shape index (κ1) is 28.2. The first-order chi connectivity index (χ1) is 13.7. The Kier molecular flexibility index (Phi) is 17.5. The lowest BCUT2D eigenvalue weighted by molar-refractivity contribution is -0.922. The van der Waals surface area contributed by atoms with Gasteiger partial charge in [0.15, 0.2) is 0 Å². The molecule has 0 saturated heterocycles. The van der Waals surface area contributed by atoms with E-state index >= 15 is 0 Å². The number of halogens is 1. The van der Waals surface area contributed by atoms with Crippen molar-refractivity contribution < 1.29 is 16.9 Å². The summed E-state index contributed by atoms with van der Waals surface area (Å²) in [5.74, 6) is 0. The number of hydrogen-bond donors (Lipinski definition) is 0. The van der Waals surface area contributed by atoms with Crippen molar-refractivity contribution in [3.8, 4) is 0 Å². The van der Waals surface area contributed by atoms with Crippen LogP contribution in [0.1, 0.15) is 103 Å². The van der Waals surface area contributed by atoms with Gasteiger partial charge in [0, 0.05) is 5.57 Å². The van der Waals surface area contributed by atoms with E-state index in [9.17, 15) is 0 Å². The number of quaternary nitrogens is 1. The third-order valence-electron chi connectivity index (χ3n) is 6.17. The lowest BCUT2D eigenvalue weighted by Gasteiger charge is -2.40. The van der Waals surface area contributed by atoms with E-state index in [1.807, 2.05) is 0 Å². The van der Waals surface area contributed by atoms with E-state index < -0.39 is 0 Å². The molecule has 0 unspecified atom stereocenters. The lowest BCUT2D eigenvalue weighted by atomic mass is 10.0. The van der Waals surface area contributed by atoms with Gasteiger partial charge in [0.2, 0.25) is 0 Å². The maximum atomic E-state index is 4.53. The van der Waals surface area contributed by atoms with E-state index in [4.69, 9.17) is 0 Å². The second-order valence-corrected chi connectivity index (χ2v) is 8.82. The second kappa shape index (κ2) is 18.0. The molecule has 168 valence electrons. The number of hydrogen-bond acceptors (Lipinski definition) is 0.